The van der Waals surface area contributed by atoms with E-state index in [0.29, 0.717) is 21.4 Å². The minimum Gasteiger partial charge on any atom is -0.477 e. The van der Waals surface area contributed by atoms with Gasteiger partial charge < -0.3 is 10.4 Å². The molecule has 0 aromatic carbocycles. The predicted molar refractivity (Wildman–Crippen MR) is 66.8 cm³/mol. The Morgan fingerprint density at radius 1 is 1.53 bits per heavy atom. The largest absolute Gasteiger partial charge is 0.477 e. The van der Waals surface area contributed by atoms with Crippen molar-refractivity contribution < 1.29 is 9.90 Å². The second kappa shape index (κ2) is 4.76. The van der Waals surface area contributed by atoms with Crippen LogP contribution in [0.25, 0.3) is 0 Å². The van der Waals surface area contributed by atoms with E-state index in [1.807, 2.05) is 0 Å². The highest BCUT2D eigenvalue weighted by atomic mass is 79.9. The molecule has 0 radical (unpaired) electrons. The van der Waals surface area contributed by atoms with Crippen LogP contribution in [0.15, 0.2) is 16.9 Å². The average Bonchev–Trinajstić information content (AvgIpc) is 2.64. The van der Waals surface area contributed by atoms with Crippen LogP contribution in [0.5, 0.6) is 0 Å². The Bertz CT molecular complexity index is 552. The molecule has 17 heavy (non-hydrogen) atoms. The third-order valence-electron chi connectivity index (χ3n) is 1.76. The highest BCUT2D eigenvalue weighted by Crippen LogP contribution is 2.22. The second-order valence-corrected chi connectivity index (χ2v) is 4.93. The Labute approximate surface area is 109 Å². The number of hydrogen-bond acceptors (Lipinski definition) is 6. The van der Waals surface area contributed by atoms with E-state index in [1.165, 1.54) is 6.20 Å². The molecule has 6 nitrogen and oxygen atoms in total. The Hall–Kier alpha value is -1.54. The first-order chi connectivity index (χ1) is 8.04. The predicted octanol–water partition coefficient (Wildman–Crippen LogP) is 2.45. The zero-order valence-corrected chi connectivity index (χ0v) is 11.0. The van der Waals surface area contributed by atoms with Crippen LogP contribution in [0.1, 0.15) is 15.5 Å². The number of aryl methyl sites for hydroxylation is 1. The van der Waals surface area contributed by atoms with Gasteiger partial charge in [0, 0.05) is 6.07 Å². The molecule has 8 heteroatoms. The molecule has 0 atom stereocenters. The lowest BCUT2D eigenvalue weighted by Crippen LogP contribution is -1.96. The molecule has 0 spiro atoms. The number of rotatable bonds is 3. The van der Waals surface area contributed by atoms with Gasteiger partial charge in [0.1, 0.15) is 21.1 Å². The van der Waals surface area contributed by atoms with Gasteiger partial charge >= 0.3 is 5.97 Å². The molecule has 0 saturated heterocycles. The maximum atomic E-state index is 10.7. The number of aromatic nitrogens is 3. The average molecular weight is 315 g/mol. The maximum Gasteiger partial charge on any atom is 0.347 e. The van der Waals surface area contributed by atoms with E-state index in [4.69, 9.17) is 5.11 Å². The number of thiazole rings is 1. The normalized spacial score (nSPS) is 10.2. The first-order valence-corrected chi connectivity index (χ1v) is 6.13. The van der Waals surface area contributed by atoms with Gasteiger partial charge in [0.25, 0.3) is 0 Å². The molecule has 2 aromatic heterocycles. The van der Waals surface area contributed by atoms with Gasteiger partial charge in [-0.2, -0.15) is 0 Å². The number of carbonyl (C=O) groups is 1. The number of carboxylic acid groups (broad SMARTS) is 1. The Balaban J connectivity index is 2.22. The second-order valence-electron chi connectivity index (χ2n) is 3.08. The highest BCUT2D eigenvalue weighted by molar-refractivity contribution is 9.10. The minimum absolute atomic E-state index is 0.178. The molecule has 0 aliphatic carbocycles. The van der Waals surface area contributed by atoms with E-state index >= 15 is 0 Å². The molecule has 0 aliphatic rings. The fourth-order valence-electron chi connectivity index (χ4n) is 1.14. The quantitative estimate of drug-likeness (QED) is 0.846. The Kier molecular flexibility index (Phi) is 3.34. The van der Waals surface area contributed by atoms with Crippen LogP contribution in [0.2, 0.25) is 0 Å². The van der Waals surface area contributed by atoms with E-state index in [2.05, 4.69) is 36.2 Å². The molecular weight excluding hydrogens is 308 g/mol. The molecule has 88 valence electrons. The Morgan fingerprint density at radius 3 is 2.88 bits per heavy atom. The van der Waals surface area contributed by atoms with E-state index in [-0.39, 0.29) is 4.88 Å². The summed E-state index contributed by atoms with van der Waals surface area (Å²) in [6, 6.07) is 1.69. The maximum absolute atomic E-state index is 10.7. The smallest absolute Gasteiger partial charge is 0.347 e. The number of halogens is 1. The molecule has 2 aromatic rings. The number of aromatic carboxylic acids is 1. The topological polar surface area (TPSA) is 88.0 Å². The molecule has 0 unspecified atom stereocenters. The lowest BCUT2D eigenvalue weighted by molar-refractivity contribution is 0.0702. The van der Waals surface area contributed by atoms with Crippen molar-refractivity contribution >= 4 is 44.2 Å². The van der Waals surface area contributed by atoms with Gasteiger partial charge in [-0.15, -0.1) is 0 Å². The fraction of sp³-hybridized carbons (Fsp3) is 0.111. The molecular formula is C9H7BrN4O2S. The zero-order valence-electron chi connectivity index (χ0n) is 8.64. The summed E-state index contributed by atoms with van der Waals surface area (Å²) in [6.07, 6.45) is 1.30. The van der Waals surface area contributed by atoms with E-state index in [1.54, 1.807) is 13.0 Å². The van der Waals surface area contributed by atoms with Crippen LogP contribution in [-0.4, -0.2) is 26.0 Å². The summed E-state index contributed by atoms with van der Waals surface area (Å²) >= 11 is 4.30. The number of carboxylic acids is 1. The molecule has 2 N–H and O–H groups in total. The van der Waals surface area contributed by atoms with E-state index in [0.717, 1.165) is 11.3 Å². The van der Waals surface area contributed by atoms with Crippen molar-refractivity contribution in [3.05, 3.63) is 27.6 Å². The summed E-state index contributed by atoms with van der Waals surface area (Å²) < 4.78 is 0.655. The summed E-state index contributed by atoms with van der Waals surface area (Å²) in [4.78, 5) is 23.0. The summed E-state index contributed by atoms with van der Waals surface area (Å²) in [7, 11) is 0. The molecule has 0 bridgehead atoms. The SMILES string of the molecule is Cc1nc(Br)cc(Nc2ncc(C(=O)O)s2)n1. The van der Waals surface area contributed by atoms with Crippen molar-refractivity contribution in [2.75, 3.05) is 5.32 Å². The van der Waals surface area contributed by atoms with Gasteiger partial charge in [0.2, 0.25) is 0 Å². The van der Waals surface area contributed by atoms with Gasteiger partial charge in [-0.05, 0) is 22.9 Å². The van der Waals surface area contributed by atoms with Crippen molar-refractivity contribution in [3.63, 3.8) is 0 Å². The van der Waals surface area contributed by atoms with Gasteiger partial charge in [-0.1, -0.05) is 11.3 Å². The summed E-state index contributed by atoms with van der Waals surface area (Å²) in [5, 5.41) is 12.2. The first kappa shape index (κ1) is 11.9. The van der Waals surface area contributed by atoms with Gasteiger partial charge in [-0.3, -0.25) is 0 Å². The number of anilines is 2. The summed E-state index contributed by atoms with van der Waals surface area (Å²) in [5.41, 5.74) is 0. The third kappa shape index (κ3) is 2.98. The molecule has 0 amide bonds. The van der Waals surface area contributed by atoms with Crippen LogP contribution >= 0.6 is 27.3 Å². The van der Waals surface area contributed by atoms with Crippen LogP contribution < -0.4 is 5.32 Å². The highest BCUT2D eigenvalue weighted by Gasteiger charge is 2.09. The van der Waals surface area contributed by atoms with Gasteiger partial charge in [0.15, 0.2) is 5.13 Å². The first-order valence-electron chi connectivity index (χ1n) is 4.52. The Morgan fingerprint density at radius 2 is 2.29 bits per heavy atom. The zero-order chi connectivity index (χ0) is 12.4. The molecule has 0 saturated carbocycles. The molecule has 0 aliphatic heterocycles. The lowest BCUT2D eigenvalue weighted by Gasteiger charge is -2.02. The van der Waals surface area contributed by atoms with Crippen molar-refractivity contribution in [1.82, 2.24) is 15.0 Å². The summed E-state index contributed by atoms with van der Waals surface area (Å²) in [5.74, 6) is 0.183. The minimum atomic E-state index is -0.990. The van der Waals surface area contributed by atoms with Crippen molar-refractivity contribution in [2.24, 2.45) is 0 Å². The van der Waals surface area contributed by atoms with Crippen molar-refractivity contribution in [2.45, 2.75) is 6.92 Å². The van der Waals surface area contributed by atoms with Crippen LogP contribution in [-0.2, 0) is 0 Å². The monoisotopic (exact) mass is 314 g/mol. The number of hydrogen-bond donors (Lipinski definition) is 2. The third-order valence-corrected chi connectivity index (χ3v) is 3.07. The van der Waals surface area contributed by atoms with Crippen LogP contribution in [0.3, 0.4) is 0 Å². The van der Waals surface area contributed by atoms with E-state index < -0.39 is 5.97 Å². The summed E-state index contributed by atoms with van der Waals surface area (Å²) in [6.45, 7) is 1.76. The molecule has 0 fully saturated rings. The van der Waals surface area contributed by atoms with Crippen LogP contribution in [0.4, 0.5) is 10.9 Å². The van der Waals surface area contributed by atoms with E-state index in [9.17, 15) is 4.79 Å². The standard InChI is InChI=1S/C9H7BrN4O2S/c1-4-12-6(10)2-7(13-4)14-9-11-3-5(17-9)8(15)16/h2-3H,1H3,(H,15,16)(H,11,12,13,14). The molecule has 2 rings (SSSR count). The molecule has 2 heterocycles. The van der Waals surface area contributed by atoms with Gasteiger partial charge in [-0.25, -0.2) is 19.7 Å². The van der Waals surface area contributed by atoms with Crippen molar-refractivity contribution in [1.29, 1.82) is 0 Å². The fourth-order valence-corrected chi connectivity index (χ4v) is 2.27. The number of nitrogens with one attached hydrogen (secondary N) is 1. The van der Waals surface area contributed by atoms with Crippen molar-refractivity contribution in [3.8, 4) is 0 Å². The lowest BCUT2D eigenvalue weighted by atomic mass is 10.5. The van der Waals surface area contributed by atoms with Crippen LogP contribution in [0, 0.1) is 6.92 Å². The number of nitrogens with zero attached hydrogens (tertiary/aromatic N) is 3. The van der Waals surface area contributed by atoms with Gasteiger partial charge in [0.05, 0.1) is 6.20 Å².